The highest BCUT2D eigenvalue weighted by molar-refractivity contribution is 5.75. The van der Waals surface area contributed by atoms with Gasteiger partial charge in [0.05, 0.1) is 12.0 Å². The maximum Gasteiger partial charge on any atom is 0.313 e. The molecule has 1 N–H and O–H groups in total. The lowest BCUT2D eigenvalue weighted by atomic mass is 9.64. The van der Waals surface area contributed by atoms with Gasteiger partial charge < -0.3 is 14.8 Å². The maximum absolute atomic E-state index is 11.6. The lowest BCUT2D eigenvalue weighted by molar-refractivity contribution is -0.166. The Morgan fingerprint density at radius 1 is 1.24 bits per heavy atom. The Kier molecular flexibility index (Phi) is 4.69. The third-order valence-corrected chi connectivity index (χ3v) is 5.41. The summed E-state index contributed by atoms with van der Waals surface area (Å²) < 4.78 is 10.7. The predicted octanol–water partition coefficient (Wildman–Crippen LogP) is 3.25. The molecule has 0 aromatic carbocycles. The van der Waals surface area contributed by atoms with Crippen molar-refractivity contribution in [3.05, 3.63) is 0 Å². The molecule has 4 nitrogen and oxygen atoms in total. The van der Waals surface area contributed by atoms with Gasteiger partial charge in [-0.25, -0.2) is 0 Å². The molecule has 1 aliphatic carbocycles. The SMILES string of the molecule is CC(C)(C)C(=O)OCOC[C@H]1C[C@@]2(C)CCCC[C@@]2(C)N1. The molecule has 0 radical (unpaired) electrons. The van der Waals surface area contributed by atoms with Crippen molar-refractivity contribution in [1.29, 1.82) is 0 Å². The summed E-state index contributed by atoms with van der Waals surface area (Å²) in [6.07, 6.45) is 6.35. The zero-order valence-corrected chi connectivity index (χ0v) is 14.3. The molecule has 1 saturated heterocycles. The van der Waals surface area contributed by atoms with Gasteiger partial charge in [-0.15, -0.1) is 0 Å². The molecule has 122 valence electrons. The molecular formula is C17H31NO3. The van der Waals surface area contributed by atoms with Gasteiger partial charge in [0.2, 0.25) is 0 Å². The number of hydrogen-bond acceptors (Lipinski definition) is 4. The van der Waals surface area contributed by atoms with E-state index in [1.54, 1.807) is 0 Å². The molecule has 0 amide bonds. The van der Waals surface area contributed by atoms with Crippen LogP contribution in [0.25, 0.3) is 0 Å². The van der Waals surface area contributed by atoms with Gasteiger partial charge in [-0.05, 0) is 52.4 Å². The monoisotopic (exact) mass is 297 g/mol. The Labute approximate surface area is 129 Å². The van der Waals surface area contributed by atoms with Crippen LogP contribution in [0.4, 0.5) is 0 Å². The lowest BCUT2D eigenvalue weighted by Crippen LogP contribution is -2.51. The van der Waals surface area contributed by atoms with E-state index >= 15 is 0 Å². The number of esters is 1. The first kappa shape index (κ1) is 16.8. The average molecular weight is 297 g/mol. The van der Waals surface area contributed by atoms with E-state index in [0.717, 1.165) is 6.42 Å². The summed E-state index contributed by atoms with van der Waals surface area (Å²) in [7, 11) is 0. The van der Waals surface area contributed by atoms with E-state index < -0.39 is 5.41 Å². The summed E-state index contributed by atoms with van der Waals surface area (Å²) in [5.74, 6) is -0.213. The van der Waals surface area contributed by atoms with Crippen LogP contribution in [0.2, 0.25) is 0 Å². The van der Waals surface area contributed by atoms with Gasteiger partial charge >= 0.3 is 5.97 Å². The minimum atomic E-state index is -0.467. The number of rotatable bonds is 4. The van der Waals surface area contributed by atoms with Gasteiger partial charge in [-0.2, -0.15) is 0 Å². The Hall–Kier alpha value is -0.610. The lowest BCUT2D eigenvalue weighted by Gasteiger charge is -2.45. The molecule has 2 rings (SSSR count). The normalized spacial score (nSPS) is 36.3. The number of nitrogens with one attached hydrogen (secondary N) is 1. The fourth-order valence-electron chi connectivity index (χ4n) is 3.79. The summed E-state index contributed by atoms with van der Waals surface area (Å²) in [5, 5.41) is 3.76. The van der Waals surface area contributed by atoms with Crippen LogP contribution in [0.3, 0.4) is 0 Å². The second kappa shape index (κ2) is 5.88. The Morgan fingerprint density at radius 2 is 1.90 bits per heavy atom. The van der Waals surface area contributed by atoms with E-state index in [0.29, 0.717) is 18.1 Å². The zero-order chi connectivity index (χ0) is 15.7. The summed E-state index contributed by atoms with van der Waals surface area (Å²) in [4.78, 5) is 11.6. The van der Waals surface area contributed by atoms with Crippen molar-refractivity contribution < 1.29 is 14.3 Å². The highest BCUT2D eigenvalue weighted by Gasteiger charge is 2.52. The molecule has 2 aliphatic rings. The van der Waals surface area contributed by atoms with E-state index in [1.807, 2.05) is 20.8 Å². The molecule has 0 aromatic rings. The highest BCUT2D eigenvalue weighted by Crippen LogP contribution is 2.51. The molecule has 0 aromatic heterocycles. The number of hydrogen-bond donors (Lipinski definition) is 1. The van der Waals surface area contributed by atoms with Gasteiger partial charge in [0, 0.05) is 11.6 Å². The minimum Gasteiger partial charge on any atom is -0.438 e. The van der Waals surface area contributed by atoms with Crippen molar-refractivity contribution in [2.24, 2.45) is 10.8 Å². The van der Waals surface area contributed by atoms with Gasteiger partial charge in [-0.3, -0.25) is 4.79 Å². The minimum absolute atomic E-state index is 0.0573. The van der Waals surface area contributed by atoms with E-state index in [-0.39, 0.29) is 18.3 Å². The summed E-state index contributed by atoms with van der Waals surface area (Å²) >= 11 is 0. The van der Waals surface area contributed by atoms with E-state index in [2.05, 4.69) is 19.2 Å². The van der Waals surface area contributed by atoms with Crippen LogP contribution >= 0.6 is 0 Å². The first-order chi connectivity index (χ1) is 9.66. The van der Waals surface area contributed by atoms with Gasteiger partial charge in [0.1, 0.15) is 0 Å². The molecule has 1 heterocycles. The standard InChI is InChI=1S/C17H31NO3/c1-15(2,3)14(19)21-12-20-11-13-10-16(4)8-6-7-9-17(16,5)18-13/h13,18H,6-12H2,1-5H3/t13-,16-,17-/m1/s1. The third-order valence-electron chi connectivity index (χ3n) is 5.41. The van der Waals surface area contributed by atoms with Crippen LogP contribution in [0.1, 0.15) is 66.7 Å². The molecule has 0 bridgehead atoms. The molecule has 2 fully saturated rings. The van der Waals surface area contributed by atoms with Crippen molar-refractivity contribution in [1.82, 2.24) is 5.32 Å². The van der Waals surface area contributed by atoms with E-state index in [1.165, 1.54) is 25.7 Å². The topological polar surface area (TPSA) is 47.6 Å². The summed E-state index contributed by atoms with van der Waals surface area (Å²) in [6, 6.07) is 0.367. The van der Waals surface area contributed by atoms with Crippen molar-refractivity contribution in [3.63, 3.8) is 0 Å². The number of carbonyl (C=O) groups excluding carboxylic acids is 1. The van der Waals surface area contributed by atoms with Crippen molar-refractivity contribution >= 4 is 5.97 Å². The van der Waals surface area contributed by atoms with Crippen LogP contribution in [-0.4, -0.2) is 30.9 Å². The molecule has 0 spiro atoms. The first-order valence-corrected chi connectivity index (χ1v) is 8.19. The first-order valence-electron chi connectivity index (χ1n) is 8.19. The molecule has 1 aliphatic heterocycles. The highest BCUT2D eigenvalue weighted by atomic mass is 16.7. The Morgan fingerprint density at radius 3 is 2.52 bits per heavy atom. The van der Waals surface area contributed by atoms with Crippen LogP contribution < -0.4 is 5.32 Å². The fourth-order valence-corrected chi connectivity index (χ4v) is 3.79. The molecule has 0 unspecified atom stereocenters. The van der Waals surface area contributed by atoms with Crippen molar-refractivity contribution in [2.75, 3.05) is 13.4 Å². The quantitative estimate of drug-likeness (QED) is 0.491. The van der Waals surface area contributed by atoms with Crippen LogP contribution in [-0.2, 0) is 14.3 Å². The number of carbonyl (C=O) groups is 1. The number of fused-ring (bicyclic) bond motifs is 1. The van der Waals surface area contributed by atoms with Gasteiger partial charge in [-0.1, -0.05) is 19.8 Å². The fraction of sp³-hybridized carbons (Fsp3) is 0.941. The van der Waals surface area contributed by atoms with Crippen LogP contribution in [0.5, 0.6) is 0 Å². The van der Waals surface area contributed by atoms with E-state index in [9.17, 15) is 4.79 Å². The maximum atomic E-state index is 11.6. The largest absolute Gasteiger partial charge is 0.438 e. The van der Waals surface area contributed by atoms with Crippen molar-refractivity contribution in [2.45, 2.75) is 78.3 Å². The smallest absolute Gasteiger partial charge is 0.313 e. The third kappa shape index (κ3) is 3.59. The number of ether oxygens (including phenoxy) is 2. The van der Waals surface area contributed by atoms with Gasteiger partial charge in [0.25, 0.3) is 0 Å². The molecular weight excluding hydrogens is 266 g/mol. The molecule has 4 heteroatoms. The second-order valence-corrected chi connectivity index (χ2v) is 8.32. The van der Waals surface area contributed by atoms with Gasteiger partial charge in [0.15, 0.2) is 6.79 Å². The summed E-state index contributed by atoms with van der Waals surface area (Å²) in [6.45, 7) is 11.0. The van der Waals surface area contributed by atoms with E-state index in [4.69, 9.17) is 9.47 Å². The van der Waals surface area contributed by atoms with Crippen LogP contribution in [0.15, 0.2) is 0 Å². The predicted molar refractivity (Wildman–Crippen MR) is 82.9 cm³/mol. The van der Waals surface area contributed by atoms with Crippen molar-refractivity contribution in [3.8, 4) is 0 Å². The second-order valence-electron chi connectivity index (χ2n) is 8.32. The molecule has 21 heavy (non-hydrogen) atoms. The Bertz CT molecular complexity index is 370. The zero-order valence-electron chi connectivity index (χ0n) is 14.3. The molecule has 1 saturated carbocycles. The summed E-state index contributed by atoms with van der Waals surface area (Å²) in [5.41, 5.74) is 0.146. The Balaban J connectivity index is 1.75. The molecule has 3 atom stereocenters. The van der Waals surface area contributed by atoms with Crippen LogP contribution in [0, 0.1) is 10.8 Å². The average Bonchev–Trinajstić information content (AvgIpc) is 2.64.